The maximum absolute atomic E-state index is 13.1. The van der Waals surface area contributed by atoms with Gasteiger partial charge >= 0.3 is 0 Å². The number of carbonyl (C=O) groups is 2. The van der Waals surface area contributed by atoms with Crippen LogP contribution in [0.25, 0.3) is 0 Å². The van der Waals surface area contributed by atoms with Crippen LogP contribution in [0.2, 0.25) is 0 Å². The summed E-state index contributed by atoms with van der Waals surface area (Å²) >= 11 is 0. The van der Waals surface area contributed by atoms with Gasteiger partial charge in [-0.25, -0.2) is 8.42 Å². The van der Waals surface area contributed by atoms with E-state index in [9.17, 15) is 18.0 Å². The molecule has 7 nitrogen and oxygen atoms in total. The first-order valence-corrected chi connectivity index (χ1v) is 12.1. The van der Waals surface area contributed by atoms with Crippen LogP contribution in [0.4, 0.5) is 0 Å². The standard InChI is InChI=1S/C21H31N3O4S/c1-16(2)20(22-19(25)14-17-6-4-3-5-7-17)21(26)24-11-9-23(10-12-24)18-8-13-29(27,28)15-18/h3-7,16,18,20H,8-15H2,1-2H3,(H,22,25)/t18?,20-/m0/s1. The molecule has 2 amide bonds. The number of carbonyl (C=O) groups excluding carboxylic acids is 2. The van der Waals surface area contributed by atoms with Gasteiger partial charge in [-0.15, -0.1) is 0 Å². The minimum Gasteiger partial charge on any atom is -0.344 e. The Morgan fingerprint density at radius 2 is 1.76 bits per heavy atom. The summed E-state index contributed by atoms with van der Waals surface area (Å²) < 4.78 is 23.4. The second-order valence-electron chi connectivity index (χ2n) is 8.37. The van der Waals surface area contributed by atoms with E-state index in [1.54, 1.807) is 4.90 Å². The van der Waals surface area contributed by atoms with E-state index in [-0.39, 0.29) is 41.7 Å². The molecule has 2 aliphatic heterocycles. The smallest absolute Gasteiger partial charge is 0.245 e. The van der Waals surface area contributed by atoms with Gasteiger partial charge in [-0.05, 0) is 17.9 Å². The van der Waals surface area contributed by atoms with Crippen LogP contribution in [0, 0.1) is 5.92 Å². The highest BCUT2D eigenvalue weighted by molar-refractivity contribution is 7.91. The second-order valence-corrected chi connectivity index (χ2v) is 10.6. The van der Waals surface area contributed by atoms with Gasteiger partial charge in [0.05, 0.1) is 17.9 Å². The Labute approximate surface area is 173 Å². The Balaban J connectivity index is 1.54. The van der Waals surface area contributed by atoms with Crippen molar-refractivity contribution in [2.45, 2.75) is 38.8 Å². The molecule has 2 saturated heterocycles. The Bertz CT molecular complexity index is 818. The molecule has 3 rings (SSSR count). The van der Waals surface area contributed by atoms with E-state index in [1.165, 1.54) is 0 Å². The van der Waals surface area contributed by atoms with Crippen LogP contribution < -0.4 is 5.32 Å². The number of piperazine rings is 1. The lowest BCUT2D eigenvalue weighted by molar-refractivity contribution is -0.139. The summed E-state index contributed by atoms with van der Waals surface area (Å²) in [5.41, 5.74) is 0.917. The molecule has 0 radical (unpaired) electrons. The lowest BCUT2D eigenvalue weighted by Gasteiger charge is -2.39. The number of amides is 2. The first kappa shape index (κ1) is 21.8. The minimum atomic E-state index is -2.91. The molecule has 1 unspecified atom stereocenters. The molecule has 8 heteroatoms. The number of benzene rings is 1. The average molecular weight is 422 g/mol. The van der Waals surface area contributed by atoms with Crippen molar-refractivity contribution < 1.29 is 18.0 Å². The molecule has 2 fully saturated rings. The Morgan fingerprint density at radius 1 is 1.10 bits per heavy atom. The predicted molar refractivity (Wildman–Crippen MR) is 112 cm³/mol. The van der Waals surface area contributed by atoms with E-state index in [1.807, 2.05) is 44.2 Å². The average Bonchev–Trinajstić information content (AvgIpc) is 3.06. The summed E-state index contributed by atoms with van der Waals surface area (Å²) in [4.78, 5) is 29.5. The minimum absolute atomic E-state index is 0.0137. The molecule has 1 aromatic carbocycles. The molecule has 29 heavy (non-hydrogen) atoms. The monoisotopic (exact) mass is 421 g/mol. The molecule has 0 saturated carbocycles. The van der Waals surface area contributed by atoms with Gasteiger partial charge in [0.2, 0.25) is 11.8 Å². The van der Waals surface area contributed by atoms with Crippen LogP contribution in [-0.2, 0) is 25.8 Å². The highest BCUT2D eigenvalue weighted by Crippen LogP contribution is 2.20. The highest BCUT2D eigenvalue weighted by atomic mass is 32.2. The summed E-state index contributed by atoms with van der Waals surface area (Å²) in [5.74, 6) is 0.267. The first-order valence-electron chi connectivity index (χ1n) is 10.3. The summed E-state index contributed by atoms with van der Waals surface area (Å²) in [6, 6.07) is 9.00. The number of hydrogen-bond acceptors (Lipinski definition) is 5. The zero-order chi connectivity index (χ0) is 21.0. The maximum Gasteiger partial charge on any atom is 0.245 e. The van der Waals surface area contributed by atoms with E-state index >= 15 is 0 Å². The SMILES string of the molecule is CC(C)[C@H](NC(=O)Cc1ccccc1)C(=O)N1CCN(C2CCS(=O)(=O)C2)CC1. The highest BCUT2D eigenvalue weighted by Gasteiger charge is 2.36. The van der Waals surface area contributed by atoms with Crippen molar-refractivity contribution in [1.29, 1.82) is 0 Å². The van der Waals surface area contributed by atoms with Crippen molar-refractivity contribution in [2.24, 2.45) is 5.92 Å². The van der Waals surface area contributed by atoms with Crippen LogP contribution >= 0.6 is 0 Å². The van der Waals surface area contributed by atoms with Gasteiger partial charge in [0.1, 0.15) is 6.04 Å². The van der Waals surface area contributed by atoms with Crippen LogP contribution in [0.1, 0.15) is 25.8 Å². The first-order chi connectivity index (χ1) is 13.7. The summed E-state index contributed by atoms with van der Waals surface area (Å²) in [6.45, 7) is 6.35. The normalized spacial score (nSPS) is 23.1. The fourth-order valence-corrected chi connectivity index (χ4v) is 5.85. The lowest BCUT2D eigenvalue weighted by atomic mass is 10.0. The van der Waals surface area contributed by atoms with Gasteiger partial charge in [-0.2, -0.15) is 0 Å². The number of rotatable bonds is 6. The second kappa shape index (κ2) is 9.26. The fraction of sp³-hybridized carbons (Fsp3) is 0.619. The molecule has 2 aliphatic rings. The van der Waals surface area contributed by atoms with Crippen LogP contribution in [-0.4, -0.2) is 79.8 Å². The van der Waals surface area contributed by atoms with E-state index in [0.29, 0.717) is 32.6 Å². The van der Waals surface area contributed by atoms with E-state index < -0.39 is 15.9 Å². The predicted octanol–water partition coefficient (Wildman–Crippen LogP) is 0.701. The molecule has 0 spiro atoms. The Hall–Kier alpha value is -1.93. The van der Waals surface area contributed by atoms with E-state index in [0.717, 1.165) is 5.56 Å². The largest absolute Gasteiger partial charge is 0.344 e. The molecule has 2 heterocycles. The van der Waals surface area contributed by atoms with Gasteiger partial charge < -0.3 is 10.2 Å². The van der Waals surface area contributed by atoms with Gasteiger partial charge in [0.15, 0.2) is 9.84 Å². The molecule has 1 aromatic rings. The third-order valence-electron chi connectivity index (χ3n) is 5.81. The molecule has 0 aromatic heterocycles. The van der Waals surface area contributed by atoms with Crippen molar-refractivity contribution in [3.63, 3.8) is 0 Å². The zero-order valence-electron chi connectivity index (χ0n) is 17.2. The molecule has 160 valence electrons. The zero-order valence-corrected chi connectivity index (χ0v) is 18.0. The quantitative estimate of drug-likeness (QED) is 0.731. The third kappa shape index (κ3) is 5.79. The lowest BCUT2D eigenvalue weighted by Crippen LogP contribution is -2.58. The van der Waals surface area contributed by atoms with Crippen LogP contribution in [0.3, 0.4) is 0 Å². The fourth-order valence-electron chi connectivity index (χ4n) is 4.09. The Kier molecular flexibility index (Phi) is 6.95. The van der Waals surface area contributed by atoms with E-state index in [2.05, 4.69) is 10.2 Å². The van der Waals surface area contributed by atoms with Gasteiger partial charge in [-0.3, -0.25) is 14.5 Å². The van der Waals surface area contributed by atoms with Crippen LogP contribution in [0.5, 0.6) is 0 Å². The molecule has 2 atom stereocenters. The summed E-state index contributed by atoms with van der Waals surface area (Å²) in [6.07, 6.45) is 0.932. The summed E-state index contributed by atoms with van der Waals surface area (Å²) in [5, 5.41) is 2.92. The molecule has 1 N–H and O–H groups in total. The van der Waals surface area contributed by atoms with Crippen LogP contribution in [0.15, 0.2) is 30.3 Å². The molecule has 0 bridgehead atoms. The Morgan fingerprint density at radius 3 is 2.31 bits per heavy atom. The summed E-state index contributed by atoms with van der Waals surface area (Å²) in [7, 11) is -2.91. The maximum atomic E-state index is 13.1. The third-order valence-corrected chi connectivity index (χ3v) is 7.56. The van der Waals surface area contributed by atoms with Crippen molar-refractivity contribution in [1.82, 2.24) is 15.1 Å². The van der Waals surface area contributed by atoms with Crippen molar-refractivity contribution >= 4 is 21.7 Å². The van der Waals surface area contributed by atoms with E-state index in [4.69, 9.17) is 0 Å². The number of nitrogens with one attached hydrogen (secondary N) is 1. The number of nitrogens with zero attached hydrogens (tertiary/aromatic N) is 2. The number of sulfone groups is 1. The topological polar surface area (TPSA) is 86.8 Å². The molecular formula is C21H31N3O4S. The van der Waals surface area contributed by atoms with Gasteiger partial charge in [0, 0.05) is 32.2 Å². The van der Waals surface area contributed by atoms with Crippen molar-refractivity contribution in [3.8, 4) is 0 Å². The molecule has 0 aliphatic carbocycles. The number of hydrogen-bond donors (Lipinski definition) is 1. The molecular weight excluding hydrogens is 390 g/mol. The van der Waals surface area contributed by atoms with Gasteiger partial charge in [0.25, 0.3) is 0 Å². The van der Waals surface area contributed by atoms with Crippen molar-refractivity contribution in [2.75, 3.05) is 37.7 Å². The van der Waals surface area contributed by atoms with Crippen molar-refractivity contribution in [3.05, 3.63) is 35.9 Å². The van der Waals surface area contributed by atoms with Gasteiger partial charge in [-0.1, -0.05) is 44.2 Å².